The molecule has 0 aromatic heterocycles. The predicted octanol–water partition coefficient (Wildman–Crippen LogP) is 4.40. The van der Waals surface area contributed by atoms with Crippen LogP contribution in [0, 0.1) is 6.92 Å². The Kier molecular flexibility index (Phi) is 3.90. The van der Waals surface area contributed by atoms with Gasteiger partial charge in [-0.3, -0.25) is 9.69 Å². The highest BCUT2D eigenvalue weighted by Gasteiger charge is 2.33. The monoisotopic (exact) mass is 311 g/mol. The fraction of sp³-hybridized carbons (Fsp3) is 0.0588. The lowest BCUT2D eigenvalue weighted by Crippen LogP contribution is -2.27. The number of anilines is 1. The van der Waals surface area contributed by atoms with Gasteiger partial charge in [-0.05, 0) is 36.3 Å². The molecule has 4 heteroatoms. The van der Waals surface area contributed by atoms with Gasteiger partial charge in [0, 0.05) is 0 Å². The van der Waals surface area contributed by atoms with Crippen molar-refractivity contribution < 1.29 is 4.79 Å². The Balaban J connectivity index is 1.94. The van der Waals surface area contributed by atoms with Gasteiger partial charge < -0.3 is 0 Å². The molecule has 1 aliphatic rings. The Morgan fingerprint density at radius 2 is 1.86 bits per heavy atom. The number of thiocarbonyl (C=S) groups is 1. The van der Waals surface area contributed by atoms with Gasteiger partial charge in [0.05, 0.1) is 10.6 Å². The minimum atomic E-state index is -0.0561. The third-order valence-corrected chi connectivity index (χ3v) is 4.45. The molecule has 21 heavy (non-hydrogen) atoms. The summed E-state index contributed by atoms with van der Waals surface area (Å²) in [5.74, 6) is -0.0561. The highest BCUT2D eigenvalue weighted by molar-refractivity contribution is 8.27. The van der Waals surface area contributed by atoms with E-state index in [1.807, 2.05) is 67.6 Å². The highest BCUT2D eigenvalue weighted by Crippen LogP contribution is 2.36. The van der Waals surface area contributed by atoms with Gasteiger partial charge in [0.1, 0.15) is 0 Å². The van der Waals surface area contributed by atoms with Crippen LogP contribution in [0.4, 0.5) is 5.69 Å². The summed E-state index contributed by atoms with van der Waals surface area (Å²) >= 11 is 6.71. The van der Waals surface area contributed by atoms with Crippen molar-refractivity contribution in [1.29, 1.82) is 0 Å². The average Bonchev–Trinajstić information content (AvgIpc) is 2.74. The van der Waals surface area contributed by atoms with Gasteiger partial charge in [-0.1, -0.05) is 66.4 Å². The molecule has 2 aromatic rings. The van der Waals surface area contributed by atoms with E-state index in [4.69, 9.17) is 12.2 Å². The zero-order valence-corrected chi connectivity index (χ0v) is 13.1. The van der Waals surface area contributed by atoms with E-state index in [0.717, 1.165) is 16.8 Å². The van der Waals surface area contributed by atoms with Crippen LogP contribution in [-0.4, -0.2) is 10.2 Å². The van der Waals surface area contributed by atoms with Crippen LogP contribution in [0.1, 0.15) is 11.1 Å². The molecule has 0 atom stereocenters. The van der Waals surface area contributed by atoms with Gasteiger partial charge in [0.25, 0.3) is 5.91 Å². The van der Waals surface area contributed by atoms with Gasteiger partial charge in [-0.2, -0.15) is 0 Å². The zero-order valence-electron chi connectivity index (χ0n) is 11.4. The number of rotatable bonds is 2. The van der Waals surface area contributed by atoms with E-state index in [1.54, 1.807) is 4.90 Å². The molecule has 0 radical (unpaired) electrons. The van der Waals surface area contributed by atoms with Crippen molar-refractivity contribution in [2.75, 3.05) is 4.90 Å². The standard InChI is InChI=1S/C17H13NOS2/c1-12-6-5-9-14(10-12)18-16(19)15(21-17(18)20)11-13-7-3-2-4-8-13/h2-11H,1H3/b15-11+. The minimum Gasteiger partial charge on any atom is -0.268 e. The Labute approximate surface area is 133 Å². The van der Waals surface area contributed by atoms with Crippen molar-refractivity contribution in [2.45, 2.75) is 6.92 Å². The highest BCUT2D eigenvalue weighted by atomic mass is 32.2. The third kappa shape index (κ3) is 2.91. The molecule has 1 aliphatic heterocycles. The first-order valence-corrected chi connectivity index (χ1v) is 7.77. The smallest absolute Gasteiger partial charge is 0.268 e. The first kappa shape index (κ1) is 14.0. The number of aryl methyl sites for hydroxylation is 1. The predicted molar refractivity (Wildman–Crippen MR) is 93.3 cm³/mol. The molecule has 3 rings (SSSR count). The first-order chi connectivity index (χ1) is 10.1. The molecule has 0 spiro atoms. The summed E-state index contributed by atoms with van der Waals surface area (Å²) in [6.07, 6.45) is 1.88. The maximum Gasteiger partial charge on any atom is 0.270 e. The second-order valence-electron chi connectivity index (χ2n) is 4.77. The number of amides is 1. The molecule has 0 bridgehead atoms. The van der Waals surface area contributed by atoms with Gasteiger partial charge >= 0.3 is 0 Å². The first-order valence-electron chi connectivity index (χ1n) is 6.55. The number of hydrogen-bond donors (Lipinski definition) is 0. The zero-order chi connectivity index (χ0) is 14.8. The molecular weight excluding hydrogens is 298 g/mol. The van der Waals surface area contributed by atoms with E-state index >= 15 is 0 Å². The lowest BCUT2D eigenvalue weighted by Gasteiger charge is -2.14. The Hall–Kier alpha value is -1.91. The van der Waals surface area contributed by atoms with Crippen molar-refractivity contribution >= 4 is 46.0 Å². The number of carbonyl (C=O) groups excluding carboxylic acids is 1. The van der Waals surface area contributed by atoms with E-state index in [9.17, 15) is 4.79 Å². The van der Waals surface area contributed by atoms with E-state index in [1.165, 1.54) is 11.8 Å². The summed E-state index contributed by atoms with van der Waals surface area (Å²) in [5.41, 5.74) is 2.93. The van der Waals surface area contributed by atoms with Gasteiger partial charge in [0.15, 0.2) is 4.32 Å². The van der Waals surface area contributed by atoms with Crippen LogP contribution in [0.15, 0.2) is 59.5 Å². The third-order valence-electron chi connectivity index (χ3n) is 3.15. The molecule has 0 aliphatic carbocycles. The molecule has 1 amide bonds. The van der Waals surface area contributed by atoms with Crippen LogP contribution in [0.2, 0.25) is 0 Å². The van der Waals surface area contributed by atoms with Gasteiger partial charge in [-0.25, -0.2) is 0 Å². The molecule has 0 unspecified atom stereocenters. The fourth-order valence-electron chi connectivity index (χ4n) is 2.16. The second kappa shape index (κ2) is 5.84. The van der Waals surface area contributed by atoms with Crippen LogP contribution in [0.5, 0.6) is 0 Å². The van der Waals surface area contributed by atoms with Crippen molar-refractivity contribution in [3.05, 3.63) is 70.6 Å². The summed E-state index contributed by atoms with van der Waals surface area (Å²) in [7, 11) is 0. The maximum absolute atomic E-state index is 12.6. The summed E-state index contributed by atoms with van der Waals surface area (Å²) in [5, 5.41) is 0. The van der Waals surface area contributed by atoms with Crippen molar-refractivity contribution in [2.24, 2.45) is 0 Å². The normalized spacial score (nSPS) is 16.8. The quantitative estimate of drug-likeness (QED) is 0.605. The number of carbonyl (C=O) groups is 1. The molecule has 2 aromatic carbocycles. The maximum atomic E-state index is 12.6. The second-order valence-corrected chi connectivity index (χ2v) is 6.44. The van der Waals surface area contributed by atoms with E-state index in [2.05, 4.69) is 0 Å². The molecule has 1 saturated heterocycles. The molecule has 1 fully saturated rings. The largest absolute Gasteiger partial charge is 0.270 e. The Morgan fingerprint density at radius 3 is 2.57 bits per heavy atom. The lowest BCUT2D eigenvalue weighted by atomic mass is 10.2. The molecular formula is C17H13NOS2. The van der Waals surface area contributed by atoms with Gasteiger partial charge in [0.2, 0.25) is 0 Å². The number of benzene rings is 2. The Bertz CT molecular complexity index is 737. The van der Waals surface area contributed by atoms with Crippen LogP contribution in [0.3, 0.4) is 0 Å². The van der Waals surface area contributed by atoms with Crippen molar-refractivity contribution in [1.82, 2.24) is 0 Å². The molecule has 0 N–H and O–H groups in total. The SMILES string of the molecule is Cc1cccc(N2C(=O)/C(=C\c3ccccc3)SC2=S)c1. The lowest BCUT2D eigenvalue weighted by molar-refractivity contribution is -0.113. The Morgan fingerprint density at radius 1 is 1.10 bits per heavy atom. The van der Waals surface area contributed by atoms with E-state index in [-0.39, 0.29) is 5.91 Å². The summed E-state index contributed by atoms with van der Waals surface area (Å²) in [6, 6.07) is 17.6. The molecule has 104 valence electrons. The van der Waals surface area contributed by atoms with Crippen LogP contribution < -0.4 is 4.90 Å². The van der Waals surface area contributed by atoms with Crippen molar-refractivity contribution in [3.63, 3.8) is 0 Å². The fourth-order valence-corrected chi connectivity index (χ4v) is 3.46. The average molecular weight is 311 g/mol. The summed E-state index contributed by atoms with van der Waals surface area (Å²) in [4.78, 5) is 14.8. The molecule has 1 heterocycles. The summed E-state index contributed by atoms with van der Waals surface area (Å²) < 4.78 is 0.577. The van der Waals surface area contributed by atoms with Crippen molar-refractivity contribution in [3.8, 4) is 0 Å². The van der Waals surface area contributed by atoms with E-state index < -0.39 is 0 Å². The van der Waals surface area contributed by atoms with E-state index in [0.29, 0.717) is 9.23 Å². The number of thioether (sulfide) groups is 1. The molecule has 2 nitrogen and oxygen atoms in total. The number of nitrogens with zero attached hydrogens (tertiary/aromatic N) is 1. The summed E-state index contributed by atoms with van der Waals surface area (Å²) in [6.45, 7) is 2.00. The van der Waals surface area contributed by atoms with Crippen LogP contribution >= 0.6 is 24.0 Å². The number of hydrogen-bond acceptors (Lipinski definition) is 3. The minimum absolute atomic E-state index is 0.0561. The van der Waals surface area contributed by atoms with Gasteiger partial charge in [-0.15, -0.1) is 0 Å². The molecule has 0 saturated carbocycles. The van der Waals surface area contributed by atoms with Crippen LogP contribution in [-0.2, 0) is 4.79 Å². The van der Waals surface area contributed by atoms with Crippen LogP contribution in [0.25, 0.3) is 6.08 Å². The topological polar surface area (TPSA) is 20.3 Å².